The number of hydrogen-bond acceptors (Lipinski definition) is 6. The smallest absolute Gasteiger partial charge is 0.183 e. The lowest BCUT2D eigenvalue weighted by Crippen LogP contribution is -2.09. The van der Waals surface area contributed by atoms with E-state index in [4.69, 9.17) is 14.8 Å². The molecule has 0 aliphatic heterocycles. The van der Waals surface area contributed by atoms with Gasteiger partial charge in [-0.25, -0.2) is 9.97 Å². The monoisotopic (exact) mass is 414 g/mol. The van der Waals surface area contributed by atoms with Crippen LogP contribution in [0, 0.1) is 12.8 Å². The highest BCUT2D eigenvalue weighted by atomic mass is 16.5. The fourth-order valence-corrected chi connectivity index (χ4v) is 4.33. The van der Waals surface area contributed by atoms with Gasteiger partial charge in [0, 0.05) is 30.0 Å². The van der Waals surface area contributed by atoms with Gasteiger partial charge in [-0.3, -0.25) is 9.67 Å². The topological polar surface area (TPSA) is 77.8 Å². The van der Waals surface area contributed by atoms with Crippen molar-refractivity contribution in [2.75, 3.05) is 12.4 Å². The number of ether oxygens (including phenoxy) is 1. The van der Waals surface area contributed by atoms with E-state index < -0.39 is 0 Å². The van der Waals surface area contributed by atoms with E-state index in [-0.39, 0.29) is 0 Å². The molecular formula is C24H26N6O. The number of aromatic nitrogens is 5. The molecule has 5 rings (SSSR count). The summed E-state index contributed by atoms with van der Waals surface area (Å²) >= 11 is 0. The lowest BCUT2D eigenvalue weighted by molar-refractivity contribution is 0.413. The van der Waals surface area contributed by atoms with Gasteiger partial charge >= 0.3 is 0 Å². The number of fused-ring (bicyclic) bond motifs is 1. The van der Waals surface area contributed by atoms with E-state index in [1.54, 1.807) is 19.5 Å². The van der Waals surface area contributed by atoms with Gasteiger partial charge in [0.25, 0.3) is 0 Å². The van der Waals surface area contributed by atoms with Crippen molar-refractivity contribution in [2.45, 2.75) is 39.2 Å². The van der Waals surface area contributed by atoms with Gasteiger partial charge in [0.2, 0.25) is 0 Å². The van der Waals surface area contributed by atoms with E-state index in [0.29, 0.717) is 23.3 Å². The molecule has 1 aromatic carbocycles. The first kappa shape index (κ1) is 19.5. The summed E-state index contributed by atoms with van der Waals surface area (Å²) in [4.78, 5) is 13.5. The first-order valence-electron chi connectivity index (χ1n) is 10.8. The van der Waals surface area contributed by atoms with Crippen molar-refractivity contribution in [3.05, 3.63) is 54.5 Å². The number of aryl methyl sites for hydroxylation is 1. The lowest BCUT2D eigenvalue weighted by atomic mass is 10.1. The Bertz CT molecular complexity index is 1210. The van der Waals surface area contributed by atoms with E-state index in [1.807, 2.05) is 25.3 Å². The summed E-state index contributed by atoms with van der Waals surface area (Å²) in [5.41, 5.74) is 3.87. The maximum Gasteiger partial charge on any atom is 0.183 e. The zero-order valence-corrected chi connectivity index (χ0v) is 17.9. The first-order valence-corrected chi connectivity index (χ1v) is 10.8. The normalized spacial score (nSPS) is 14.3. The van der Waals surface area contributed by atoms with Crippen LogP contribution in [0.5, 0.6) is 5.75 Å². The summed E-state index contributed by atoms with van der Waals surface area (Å²) in [6.45, 7) is 2.94. The van der Waals surface area contributed by atoms with Crippen molar-refractivity contribution < 1.29 is 4.74 Å². The molecular weight excluding hydrogens is 388 g/mol. The van der Waals surface area contributed by atoms with Crippen LogP contribution < -0.4 is 10.1 Å². The van der Waals surface area contributed by atoms with E-state index in [2.05, 4.69) is 38.2 Å². The zero-order chi connectivity index (χ0) is 21.2. The fourth-order valence-electron chi connectivity index (χ4n) is 4.33. The molecule has 158 valence electrons. The molecule has 1 aliphatic rings. The van der Waals surface area contributed by atoms with Crippen molar-refractivity contribution in [2.24, 2.45) is 5.92 Å². The number of methoxy groups -OCH3 is 1. The largest absolute Gasteiger partial charge is 0.491 e. The van der Waals surface area contributed by atoms with Gasteiger partial charge in [0.05, 0.1) is 18.8 Å². The molecule has 31 heavy (non-hydrogen) atoms. The number of para-hydroxylation sites is 1. The quantitative estimate of drug-likeness (QED) is 0.471. The number of benzene rings is 1. The standard InChI is InChI=1S/C24H26N6O/c1-16-13-25-12-11-19(16)27-23-21(31-2)14-26-24(28-23)22-18-9-5-6-10-20(18)30(29-22)15-17-7-3-4-8-17/h5-6,9-14,17H,3-4,7-8,15H2,1-2H3,(H,25,26,27,28). The van der Waals surface area contributed by atoms with Gasteiger partial charge in [-0.1, -0.05) is 31.0 Å². The van der Waals surface area contributed by atoms with Crippen molar-refractivity contribution in [3.8, 4) is 17.3 Å². The molecule has 7 heteroatoms. The van der Waals surface area contributed by atoms with Crippen LogP contribution in [0.15, 0.2) is 48.9 Å². The number of nitrogens with zero attached hydrogens (tertiary/aromatic N) is 5. The number of pyridine rings is 1. The first-order chi connectivity index (χ1) is 15.2. The minimum Gasteiger partial charge on any atom is -0.491 e. The van der Waals surface area contributed by atoms with Gasteiger partial charge in [0.1, 0.15) is 5.69 Å². The number of hydrogen-bond donors (Lipinski definition) is 1. The van der Waals surface area contributed by atoms with Crippen LogP contribution in [0.4, 0.5) is 11.5 Å². The molecule has 0 saturated heterocycles. The molecule has 0 amide bonds. The average Bonchev–Trinajstić information content (AvgIpc) is 3.44. The summed E-state index contributed by atoms with van der Waals surface area (Å²) in [6.07, 6.45) is 10.5. The second-order valence-corrected chi connectivity index (χ2v) is 8.12. The van der Waals surface area contributed by atoms with Crippen LogP contribution >= 0.6 is 0 Å². The van der Waals surface area contributed by atoms with Crippen LogP contribution in [0.25, 0.3) is 22.4 Å². The van der Waals surface area contributed by atoms with Gasteiger partial charge < -0.3 is 10.1 Å². The summed E-state index contributed by atoms with van der Waals surface area (Å²) in [5, 5.41) is 9.39. The molecule has 0 unspecified atom stereocenters. The van der Waals surface area contributed by atoms with Gasteiger partial charge in [0.15, 0.2) is 17.4 Å². The Hall–Kier alpha value is -3.48. The van der Waals surface area contributed by atoms with Crippen LogP contribution in [0.1, 0.15) is 31.2 Å². The molecule has 0 atom stereocenters. The van der Waals surface area contributed by atoms with Crippen LogP contribution in [-0.4, -0.2) is 31.8 Å². The highest BCUT2D eigenvalue weighted by Gasteiger charge is 2.21. The third kappa shape index (κ3) is 3.83. The minimum absolute atomic E-state index is 0.578. The van der Waals surface area contributed by atoms with Crippen LogP contribution in [-0.2, 0) is 6.54 Å². The second-order valence-electron chi connectivity index (χ2n) is 8.12. The Kier molecular flexibility index (Phi) is 5.24. The van der Waals surface area contributed by atoms with E-state index in [0.717, 1.165) is 34.4 Å². The fraction of sp³-hybridized carbons (Fsp3) is 0.333. The van der Waals surface area contributed by atoms with Crippen molar-refractivity contribution in [1.82, 2.24) is 24.7 Å². The molecule has 0 radical (unpaired) electrons. The Morgan fingerprint density at radius 2 is 1.97 bits per heavy atom. The number of anilines is 2. The number of rotatable bonds is 6. The average molecular weight is 415 g/mol. The second kappa shape index (κ2) is 8.34. The van der Waals surface area contributed by atoms with Crippen LogP contribution in [0.3, 0.4) is 0 Å². The molecule has 7 nitrogen and oxygen atoms in total. The van der Waals surface area contributed by atoms with Crippen molar-refractivity contribution in [3.63, 3.8) is 0 Å². The summed E-state index contributed by atoms with van der Waals surface area (Å²) in [6, 6.07) is 10.2. The summed E-state index contributed by atoms with van der Waals surface area (Å²) < 4.78 is 7.63. The molecule has 0 spiro atoms. The molecule has 1 fully saturated rings. The maximum atomic E-state index is 5.50. The van der Waals surface area contributed by atoms with Crippen LogP contribution in [0.2, 0.25) is 0 Å². The maximum absolute atomic E-state index is 5.50. The highest BCUT2D eigenvalue weighted by molar-refractivity contribution is 5.91. The van der Waals surface area contributed by atoms with E-state index in [9.17, 15) is 0 Å². The Morgan fingerprint density at radius 3 is 2.77 bits per heavy atom. The predicted molar refractivity (Wildman–Crippen MR) is 122 cm³/mol. The summed E-state index contributed by atoms with van der Waals surface area (Å²) in [7, 11) is 1.62. The molecule has 1 saturated carbocycles. The van der Waals surface area contributed by atoms with Gasteiger partial charge in [-0.15, -0.1) is 0 Å². The minimum atomic E-state index is 0.578. The predicted octanol–water partition coefficient (Wildman–Crippen LogP) is 5.14. The third-order valence-corrected chi connectivity index (χ3v) is 6.02. The van der Waals surface area contributed by atoms with E-state index in [1.165, 1.54) is 25.7 Å². The Balaban J connectivity index is 1.56. The SMILES string of the molecule is COc1cnc(-c2nn(CC3CCCC3)c3ccccc23)nc1Nc1ccncc1C. The zero-order valence-electron chi connectivity index (χ0n) is 17.9. The lowest BCUT2D eigenvalue weighted by Gasteiger charge is -2.12. The molecule has 3 aromatic heterocycles. The molecule has 1 aliphatic carbocycles. The molecule has 0 bridgehead atoms. The molecule has 3 heterocycles. The highest BCUT2D eigenvalue weighted by Crippen LogP contribution is 2.33. The van der Waals surface area contributed by atoms with Gasteiger partial charge in [-0.05, 0) is 43.4 Å². The van der Waals surface area contributed by atoms with Crippen molar-refractivity contribution >= 4 is 22.4 Å². The third-order valence-electron chi connectivity index (χ3n) is 6.02. The number of nitrogens with one attached hydrogen (secondary N) is 1. The molecule has 1 N–H and O–H groups in total. The molecule has 4 aromatic rings. The summed E-state index contributed by atoms with van der Waals surface area (Å²) in [5.74, 6) is 2.46. The van der Waals surface area contributed by atoms with Gasteiger partial charge in [-0.2, -0.15) is 5.10 Å². The Morgan fingerprint density at radius 1 is 1.13 bits per heavy atom. The Labute approximate surface area is 181 Å². The van der Waals surface area contributed by atoms with E-state index >= 15 is 0 Å². The van der Waals surface area contributed by atoms with Crippen molar-refractivity contribution in [1.29, 1.82) is 0 Å².